The Bertz CT molecular complexity index is 449. The molecule has 6 nitrogen and oxygen atoms in total. The van der Waals surface area contributed by atoms with Gasteiger partial charge in [-0.3, -0.25) is 0 Å². The fourth-order valence-electron chi connectivity index (χ4n) is 1.72. The first kappa shape index (κ1) is 17.3. The second-order valence-corrected chi connectivity index (χ2v) is 4.88. The van der Waals surface area contributed by atoms with E-state index in [0.717, 1.165) is 25.2 Å². The largest absolute Gasteiger partial charge is 0.490 e. The van der Waals surface area contributed by atoms with E-state index in [1.165, 1.54) is 0 Å². The van der Waals surface area contributed by atoms with Crippen LogP contribution >= 0.6 is 0 Å². The Hall–Kier alpha value is -1.79. The highest BCUT2D eigenvalue weighted by atomic mass is 16.5. The highest BCUT2D eigenvalue weighted by Crippen LogP contribution is 2.28. The molecule has 0 aliphatic carbocycles. The number of likely N-dealkylation sites (N-methyl/N-ethyl adjacent to an activating group) is 1. The maximum atomic E-state index is 10.6. The molecule has 0 saturated carbocycles. The fourth-order valence-corrected chi connectivity index (χ4v) is 1.72. The Morgan fingerprint density at radius 1 is 1.29 bits per heavy atom. The number of carboxylic acid groups (broad SMARTS) is 1. The van der Waals surface area contributed by atoms with E-state index < -0.39 is 5.97 Å². The summed E-state index contributed by atoms with van der Waals surface area (Å²) in [6.45, 7) is 4.60. The third-order valence-corrected chi connectivity index (χ3v) is 2.72. The molecular weight excluding hydrogens is 272 g/mol. The predicted octanol–water partition coefficient (Wildman–Crippen LogP) is 1.20. The van der Waals surface area contributed by atoms with Gasteiger partial charge in [0.25, 0.3) is 0 Å². The molecule has 0 radical (unpaired) electrons. The van der Waals surface area contributed by atoms with Crippen molar-refractivity contribution in [3.63, 3.8) is 0 Å². The van der Waals surface area contributed by atoms with E-state index in [-0.39, 0.29) is 6.61 Å². The summed E-state index contributed by atoms with van der Waals surface area (Å²) in [5, 5.41) is 12.0. The van der Waals surface area contributed by atoms with Crippen LogP contribution in [0.2, 0.25) is 0 Å². The molecule has 0 saturated heterocycles. The zero-order valence-electron chi connectivity index (χ0n) is 12.9. The lowest BCUT2D eigenvalue weighted by Crippen LogP contribution is -2.26. The van der Waals surface area contributed by atoms with Gasteiger partial charge in [0.2, 0.25) is 0 Å². The summed E-state index contributed by atoms with van der Waals surface area (Å²) in [6, 6.07) is 5.53. The maximum Gasteiger partial charge on any atom is 0.341 e. The Balaban J connectivity index is 2.61. The lowest BCUT2D eigenvalue weighted by molar-refractivity contribution is -0.139. The van der Waals surface area contributed by atoms with Crippen molar-refractivity contribution in [1.29, 1.82) is 0 Å². The molecule has 0 heterocycles. The molecule has 1 aromatic rings. The highest BCUT2D eigenvalue weighted by Gasteiger charge is 2.08. The summed E-state index contributed by atoms with van der Waals surface area (Å²) in [5.41, 5.74) is 1.07. The first-order valence-electron chi connectivity index (χ1n) is 6.98. The van der Waals surface area contributed by atoms with Crippen LogP contribution in [-0.4, -0.2) is 56.4 Å². The van der Waals surface area contributed by atoms with Crippen molar-refractivity contribution < 1.29 is 19.4 Å². The number of hydrogen-bond donors (Lipinski definition) is 2. The van der Waals surface area contributed by atoms with Crippen molar-refractivity contribution in [3.8, 4) is 11.5 Å². The van der Waals surface area contributed by atoms with Gasteiger partial charge in [-0.2, -0.15) is 0 Å². The summed E-state index contributed by atoms with van der Waals surface area (Å²) in [4.78, 5) is 12.7. The molecule has 1 aromatic carbocycles. The van der Waals surface area contributed by atoms with Crippen LogP contribution in [0.3, 0.4) is 0 Å². The van der Waals surface area contributed by atoms with Crippen LogP contribution in [0.4, 0.5) is 0 Å². The van der Waals surface area contributed by atoms with Crippen LogP contribution in [0, 0.1) is 0 Å². The predicted molar refractivity (Wildman–Crippen MR) is 81.0 cm³/mol. The van der Waals surface area contributed by atoms with Gasteiger partial charge in [0.1, 0.15) is 0 Å². The molecule has 2 N–H and O–H groups in total. The maximum absolute atomic E-state index is 10.6. The minimum atomic E-state index is -1.01. The summed E-state index contributed by atoms with van der Waals surface area (Å²) in [6.07, 6.45) is 0. The SMILES string of the molecule is CCOc1cc(CNCCN(C)C)ccc1OCC(=O)O. The van der Waals surface area contributed by atoms with Crippen LogP contribution in [-0.2, 0) is 11.3 Å². The monoisotopic (exact) mass is 296 g/mol. The summed E-state index contributed by atoms with van der Waals surface area (Å²) in [5.74, 6) is 0.0221. The van der Waals surface area contributed by atoms with E-state index >= 15 is 0 Å². The van der Waals surface area contributed by atoms with Gasteiger partial charge in [0.15, 0.2) is 18.1 Å². The third kappa shape index (κ3) is 6.97. The van der Waals surface area contributed by atoms with Crippen LogP contribution in [0.5, 0.6) is 11.5 Å². The lowest BCUT2D eigenvalue weighted by atomic mass is 10.2. The summed E-state index contributed by atoms with van der Waals surface area (Å²) < 4.78 is 10.7. The number of benzene rings is 1. The Kier molecular flexibility index (Phi) is 7.56. The van der Waals surface area contributed by atoms with Gasteiger partial charge in [0, 0.05) is 19.6 Å². The second-order valence-electron chi connectivity index (χ2n) is 4.88. The van der Waals surface area contributed by atoms with Crippen LogP contribution in [0.25, 0.3) is 0 Å². The number of hydrogen-bond acceptors (Lipinski definition) is 5. The van der Waals surface area contributed by atoms with Crippen LogP contribution in [0.1, 0.15) is 12.5 Å². The van der Waals surface area contributed by atoms with Crippen LogP contribution in [0.15, 0.2) is 18.2 Å². The van der Waals surface area contributed by atoms with Crippen molar-refractivity contribution in [2.75, 3.05) is 40.4 Å². The van der Waals surface area contributed by atoms with Crippen molar-refractivity contribution >= 4 is 5.97 Å². The van der Waals surface area contributed by atoms with Gasteiger partial charge < -0.3 is 24.8 Å². The quantitative estimate of drug-likeness (QED) is 0.632. The Labute approximate surface area is 125 Å². The van der Waals surface area contributed by atoms with E-state index in [9.17, 15) is 4.79 Å². The molecule has 6 heteroatoms. The molecular formula is C15H24N2O4. The molecule has 118 valence electrons. The molecule has 21 heavy (non-hydrogen) atoms. The van der Waals surface area contributed by atoms with Gasteiger partial charge in [-0.1, -0.05) is 6.07 Å². The Morgan fingerprint density at radius 3 is 2.67 bits per heavy atom. The molecule has 0 unspecified atom stereocenters. The molecule has 0 aliphatic heterocycles. The summed E-state index contributed by atoms with van der Waals surface area (Å²) in [7, 11) is 4.06. The lowest BCUT2D eigenvalue weighted by Gasteiger charge is -2.13. The molecule has 0 amide bonds. The van der Waals surface area contributed by atoms with Gasteiger partial charge in [-0.25, -0.2) is 4.79 Å². The average Bonchev–Trinajstić information content (AvgIpc) is 2.42. The second kappa shape index (κ2) is 9.20. The molecule has 0 aromatic heterocycles. The zero-order valence-corrected chi connectivity index (χ0v) is 12.9. The van der Waals surface area contributed by atoms with Gasteiger partial charge in [-0.15, -0.1) is 0 Å². The number of rotatable bonds is 10. The van der Waals surface area contributed by atoms with Crippen molar-refractivity contribution in [2.24, 2.45) is 0 Å². The van der Waals surface area contributed by atoms with E-state index in [4.69, 9.17) is 14.6 Å². The topological polar surface area (TPSA) is 71.0 Å². The molecule has 0 fully saturated rings. The summed E-state index contributed by atoms with van der Waals surface area (Å²) >= 11 is 0. The minimum Gasteiger partial charge on any atom is -0.490 e. The number of carboxylic acids is 1. The highest BCUT2D eigenvalue weighted by molar-refractivity contribution is 5.68. The molecule has 0 spiro atoms. The standard InChI is InChI=1S/C15H24N2O4/c1-4-20-14-9-12(10-16-7-8-17(2)3)5-6-13(14)21-11-15(18)19/h5-6,9,16H,4,7-8,10-11H2,1-3H3,(H,18,19). The number of nitrogens with zero attached hydrogens (tertiary/aromatic N) is 1. The van der Waals surface area contributed by atoms with Gasteiger partial charge in [0.05, 0.1) is 6.61 Å². The Morgan fingerprint density at radius 2 is 2.05 bits per heavy atom. The molecule has 0 bridgehead atoms. The van der Waals surface area contributed by atoms with Gasteiger partial charge in [-0.05, 0) is 38.7 Å². The number of nitrogens with one attached hydrogen (secondary N) is 1. The third-order valence-electron chi connectivity index (χ3n) is 2.72. The van der Waals surface area contributed by atoms with Crippen molar-refractivity contribution in [2.45, 2.75) is 13.5 Å². The number of aliphatic carboxylic acids is 1. The number of carbonyl (C=O) groups is 1. The normalized spacial score (nSPS) is 10.7. The zero-order chi connectivity index (χ0) is 15.7. The first-order valence-corrected chi connectivity index (χ1v) is 6.98. The smallest absolute Gasteiger partial charge is 0.341 e. The van der Waals surface area contributed by atoms with E-state index in [2.05, 4.69) is 10.2 Å². The van der Waals surface area contributed by atoms with Crippen molar-refractivity contribution in [3.05, 3.63) is 23.8 Å². The van der Waals surface area contributed by atoms with E-state index in [1.807, 2.05) is 33.2 Å². The van der Waals surface area contributed by atoms with Crippen molar-refractivity contribution in [1.82, 2.24) is 10.2 Å². The number of ether oxygens (including phenoxy) is 2. The average molecular weight is 296 g/mol. The molecule has 1 rings (SSSR count). The van der Waals surface area contributed by atoms with E-state index in [1.54, 1.807) is 6.07 Å². The molecule has 0 aliphatic rings. The minimum absolute atomic E-state index is 0.374. The van der Waals surface area contributed by atoms with Crippen LogP contribution < -0.4 is 14.8 Å². The van der Waals surface area contributed by atoms with Gasteiger partial charge >= 0.3 is 5.97 Å². The fraction of sp³-hybridized carbons (Fsp3) is 0.533. The van der Waals surface area contributed by atoms with E-state index in [0.29, 0.717) is 18.1 Å². The first-order chi connectivity index (χ1) is 10.0. The molecule has 0 atom stereocenters.